The highest BCUT2D eigenvalue weighted by atomic mass is 16.3. The summed E-state index contributed by atoms with van der Waals surface area (Å²) in [6.45, 7) is 5.83. The van der Waals surface area contributed by atoms with Crippen LogP contribution in [0, 0.1) is 11.8 Å². The molecule has 0 amide bonds. The van der Waals surface area contributed by atoms with E-state index in [1.165, 1.54) is 19.3 Å². The van der Waals surface area contributed by atoms with Gasteiger partial charge in [-0.2, -0.15) is 0 Å². The Morgan fingerprint density at radius 2 is 1.91 bits per heavy atom. The first-order valence-electron chi connectivity index (χ1n) is 4.61. The van der Waals surface area contributed by atoms with Crippen molar-refractivity contribution >= 4 is 0 Å². The molecule has 1 rings (SSSR count). The van der Waals surface area contributed by atoms with Gasteiger partial charge in [-0.15, -0.1) is 0 Å². The molecule has 11 heavy (non-hydrogen) atoms. The lowest BCUT2D eigenvalue weighted by atomic mass is 9.80. The molecule has 1 N–H and O–H groups in total. The molecule has 0 saturated heterocycles. The molecule has 64 valence electrons. The lowest BCUT2D eigenvalue weighted by molar-refractivity contribution is 0.233. The zero-order valence-corrected chi connectivity index (χ0v) is 7.34. The monoisotopic (exact) mass is 154 g/mol. The van der Waals surface area contributed by atoms with Crippen LogP contribution in [-0.4, -0.2) is 5.11 Å². The van der Waals surface area contributed by atoms with Crippen molar-refractivity contribution in [3.63, 3.8) is 0 Å². The average molecular weight is 154 g/mol. The summed E-state index contributed by atoms with van der Waals surface area (Å²) in [7, 11) is 0. The van der Waals surface area contributed by atoms with Crippen LogP contribution < -0.4 is 0 Å². The van der Waals surface area contributed by atoms with Gasteiger partial charge < -0.3 is 5.11 Å². The number of rotatable bonds is 2. The van der Waals surface area contributed by atoms with Crippen LogP contribution in [0.2, 0.25) is 0 Å². The van der Waals surface area contributed by atoms with Crippen LogP contribution in [0.3, 0.4) is 0 Å². The highest BCUT2D eigenvalue weighted by Gasteiger charge is 2.21. The molecular formula is C10H18O. The summed E-state index contributed by atoms with van der Waals surface area (Å²) >= 11 is 0. The predicted octanol–water partition coefficient (Wildman–Crippen LogP) is 3.27. The molecular weight excluding hydrogens is 136 g/mol. The average Bonchev–Trinajstić information content (AvgIpc) is 2.05. The van der Waals surface area contributed by atoms with Crippen LogP contribution in [0.4, 0.5) is 0 Å². The van der Waals surface area contributed by atoms with Gasteiger partial charge in [-0.3, -0.25) is 0 Å². The van der Waals surface area contributed by atoms with Crippen molar-refractivity contribution in [1.82, 2.24) is 0 Å². The maximum absolute atomic E-state index is 9.14. The fourth-order valence-corrected chi connectivity index (χ4v) is 1.90. The van der Waals surface area contributed by atoms with E-state index in [4.69, 9.17) is 5.11 Å². The molecule has 0 spiro atoms. The fourth-order valence-electron chi connectivity index (χ4n) is 1.90. The van der Waals surface area contributed by atoms with Crippen molar-refractivity contribution in [1.29, 1.82) is 0 Å². The van der Waals surface area contributed by atoms with E-state index in [0.29, 0.717) is 11.7 Å². The molecule has 1 fully saturated rings. The Labute approximate surface area is 69.1 Å². The van der Waals surface area contributed by atoms with E-state index in [-0.39, 0.29) is 0 Å². The van der Waals surface area contributed by atoms with Gasteiger partial charge in [0.05, 0.1) is 5.76 Å². The second kappa shape index (κ2) is 3.80. The summed E-state index contributed by atoms with van der Waals surface area (Å²) in [5.41, 5.74) is 0. The Bertz CT molecular complexity index is 132. The molecule has 0 aromatic heterocycles. The van der Waals surface area contributed by atoms with Crippen molar-refractivity contribution in [2.75, 3.05) is 0 Å². The Kier molecular flexibility index (Phi) is 2.98. The van der Waals surface area contributed by atoms with E-state index in [1.54, 1.807) is 0 Å². The zero-order chi connectivity index (χ0) is 8.27. The molecule has 0 radical (unpaired) electrons. The summed E-state index contributed by atoms with van der Waals surface area (Å²) < 4.78 is 0. The van der Waals surface area contributed by atoms with Gasteiger partial charge in [0.15, 0.2) is 0 Å². The zero-order valence-electron chi connectivity index (χ0n) is 7.34. The minimum absolute atomic E-state index is 0.401. The number of allylic oxidation sites excluding steroid dienone is 1. The second-order valence-electron chi connectivity index (χ2n) is 3.62. The van der Waals surface area contributed by atoms with E-state index in [0.717, 1.165) is 18.8 Å². The molecule has 1 heteroatoms. The smallest absolute Gasteiger partial charge is 0.0881 e. The molecule has 0 aliphatic heterocycles. The van der Waals surface area contributed by atoms with E-state index < -0.39 is 0 Å². The number of hydrogen-bond acceptors (Lipinski definition) is 1. The minimum atomic E-state index is 0.401. The quantitative estimate of drug-likeness (QED) is 0.605. The van der Waals surface area contributed by atoms with Crippen LogP contribution in [0.15, 0.2) is 12.3 Å². The Balaban J connectivity index is 2.30. The van der Waals surface area contributed by atoms with Gasteiger partial charge in [0, 0.05) is 5.92 Å². The maximum atomic E-state index is 9.14. The molecule has 1 saturated carbocycles. The number of aliphatic hydroxyl groups excluding tert-OH is 1. The normalized spacial score (nSPS) is 31.7. The minimum Gasteiger partial charge on any atom is -0.513 e. The maximum Gasteiger partial charge on any atom is 0.0881 e. The molecule has 0 atom stereocenters. The molecule has 0 aromatic rings. The topological polar surface area (TPSA) is 20.2 Å². The fraction of sp³-hybridized carbons (Fsp3) is 0.800. The van der Waals surface area contributed by atoms with E-state index >= 15 is 0 Å². The third-order valence-electron chi connectivity index (χ3n) is 2.90. The van der Waals surface area contributed by atoms with E-state index in [9.17, 15) is 0 Å². The number of hydrogen-bond donors (Lipinski definition) is 1. The first-order chi connectivity index (χ1) is 5.24. The number of aliphatic hydroxyl groups is 1. The van der Waals surface area contributed by atoms with Gasteiger partial charge in [0.2, 0.25) is 0 Å². The second-order valence-corrected chi connectivity index (χ2v) is 3.62. The summed E-state index contributed by atoms with van der Waals surface area (Å²) in [6.07, 6.45) is 6.15. The first kappa shape index (κ1) is 8.63. The van der Waals surface area contributed by atoms with Gasteiger partial charge in [0.25, 0.3) is 0 Å². The summed E-state index contributed by atoms with van der Waals surface area (Å²) in [4.78, 5) is 0. The molecule has 0 heterocycles. The van der Waals surface area contributed by atoms with Gasteiger partial charge in [0.1, 0.15) is 0 Å². The highest BCUT2D eigenvalue weighted by Crippen LogP contribution is 2.32. The molecule has 1 nitrogen and oxygen atoms in total. The SMILES string of the molecule is C=C(O)C1CCC(CC)CC1. The van der Waals surface area contributed by atoms with Crippen LogP contribution in [0.5, 0.6) is 0 Å². The van der Waals surface area contributed by atoms with Crippen LogP contribution in [0.25, 0.3) is 0 Å². The Morgan fingerprint density at radius 3 is 2.27 bits per heavy atom. The molecule has 0 bridgehead atoms. The van der Waals surface area contributed by atoms with Crippen LogP contribution in [0.1, 0.15) is 39.0 Å². The first-order valence-corrected chi connectivity index (χ1v) is 4.61. The van der Waals surface area contributed by atoms with Crippen molar-refractivity contribution in [2.45, 2.75) is 39.0 Å². The third kappa shape index (κ3) is 2.25. The van der Waals surface area contributed by atoms with Gasteiger partial charge in [-0.25, -0.2) is 0 Å². The van der Waals surface area contributed by atoms with Crippen molar-refractivity contribution in [3.8, 4) is 0 Å². The van der Waals surface area contributed by atoms with Gasteiger partial charge in [-0.05, 0) is 31.6 Å². The van der Waals surface area contributed by atoms with Crippen molar-refractivity contribution in [3.05, 3.63) is 12.3 Å². The van der Waals surface area contributed by atoms with Crippen LogP contribution in [-0.2, 0) is 0 Å². The standard InChI is InChI=1S/C10H18O/c1-3-9-4-6-10(7-5-9)8(2)11/h9-11H,2-7H2,1H3. The Morgan fingerprint density at radius 1 is 1.36 bits per heavy atom. The molecule has 1 aliphatic rings. The van der Waals surface area contributed by atoms with Crippen molar-refractivity contribution < 1.29 is 5.11 Å². The highest BCUT2D eigenvalue weighted by molar-refractivity contribution is 4.91. The predicted molar refractivity (Wildman–Crippen MR) is 47.5 cm³/mol. The lowest BCUT2D eigenvalue weighted by Gasteiger charge is -2.26. The molecule has 1 aliphatic carbocycles. The van der Waals surface area contributed by atoms with E-state index in [1.807, 2.05) is 0 Å². The van der Waals surface area contributed by atoms with Crippen molar-refractivity contribution in [2.24, 2.45) is 11.8 Å². The lowest BCUT2D eigenvalue weighted by Crippen LogP contribution is -2.15. The molecule has 0 aromatic carbocycles. The summed E-state index contributed by atoms with van der Waals surface area (Å²) in [6, 6.07) is 0. The largest absolute Gasteiger partial charge is 0.513 e. The summed E-state index contributed by atoms with van der Waals surface area (Å²) in [5.74, 6) is 1.71. The van der Waals surface area contributed by atoms with Gasteiger partial charge >= 0.3 is 0 Å². The van der Waals surface area contributed by atoms with Gasteiger partial charge in [-0.1, -0.05) is 19.9 Å². The molecule has 0 unspecified atom stereocenters. The summed E-state index contributed by atoms with van der Waals surface area (Å²) in [5, 5.41) is 9.14. The Hall–Kier alpha value is -0.460. The van der Waals surface area contributed by atoms with Crippen LogP contribution >= 0.6 is 0 Å². The third-order valence-corrected chi connectivity index (χ3v) is 2.90. The van der Waals surface area contributed by atoms with E-state index in [2.05, 4.69) is 13.5 Å².